The standard InChI is InChI=1S/C11H14O3/c1-11(2,13)10-6-7-5-8(12)3-4-9(7)14-10/h3-5,10,12-13H,6H2,1-2H3/t10-/m0/s1. The van der Waals surface area contributed by atoms with Crippen LogP contribution < -0.4 is 4.74 Å². The highest BCUT2D eigenvalue weighted by molar-refractivity contribution is 5.43. The van der Waals surface area contributed by atoms with Crippen molar-refractivity contribution in [3.8, 4) is 11.5 Å². The first-order chi connectivity index (χ1) is 6.47. The molecule has 0 aliphatic carbocycles. The Balaban J connectivity index is 2.26. The molecule has 1 aliphatic rings. The molecule has 0 aromatic heterocycles. The van der Waals surface area contributed by atoms with Crippen LogP contribution in [0.15, 0.2) is 18.2 Å². The number of fused-ring (bicyclic) bond motifs is 1. The third-order valence-corrected chi connectivity index (χ3v) is 2.51. The first kappa shape index (κ1) is 9.34. The van der Waals surface area contributed by atoms with Crippen molar-refractivity contribution in [1.29, 1.82) is 0 Å². The van der Waals surface area contributed by atoms with Gasteiger partial charge in [-0.2, -0.15) is 0 Å². The van der Waals surface area contributed by atoms with Gasteiger partial charge in [0.1, 0.15) is 17.6 Å². The van der Waals surface area contributed by atoms with Crippen LogP contribution in [0.2, 0.25) is 0 Å². The monoisotopic (exact) mass is 194 g/mol. The van der Waals surface area contributed by atoms with Crippen molar-refractivity contribution in [3.63, 3.8) is 0 Å². The molecule has 0 saturated carbocycles. The molecule has 0 bridgehead atoms. The average Bonchev–Trinajstić information content (AvgIpc) is 2.45. The van der Waals surface area contributed by atoms with E-state index in [1.54, 1.807) is 32.0 Å². The van der Waals surface area contributed by atoms with E-state index in [2.05, 4.69) is 0 Å². The van der Waals surface area contributed by atoms with Crippen molar-refractivity contribution < 1.29 is 14.9 Å². The number of ether oxygens (including phenoxy) is 1. The minimum Gasteiger partial charge on any atom is -0.508 e. The Morgan fingerprint density at radius 2 is 2.14 bits per heavy atom. The summed E-state index contributed by atoms with van der Waals surface area (Å²) >= 11 is 0. The molecule has 0 saturated heterocycles. The second kappa shape index (κ2) is 2.89. The highest BCUT2D eigenvalue weighted by atomic mass is 16.5. The summed E-state index contributed by atoms with van der Waals surface area (Å²) < 4.78 is 5.57. The molecule has 1 heterocycles. The van der Waals surface area contributed by atoms with Crippen LogP contribution in [0.25, 0.3) is 0 Å². The van der Waals surface area contributed by atoms with Crippen LogP contribution >= 0.6 is 0 Å². The third kappa shape index (κ3) is 1.55. The lowest BCUT2D eigenvalue weighted by Gasteiger charge is -2.24. The van der Waals surface area contributed by atoms with E-state index in [1.807, 2.05) is 0 Å². The second-order valence-electron chi connectivity index (χ2n) is 4.26. The average molecular weight is 194 g/mol. The number of hydrogen-bond acceptors (Lipinski definition) is 3. The number of hydrogen-bond donors (Lipinski definition) is 2. The molecule has 0 unspecified atom stereocenters. The van der Waals surface area contributed by atoms with Crippen molar-refractivity contribution in [2.24, 2.45) is 0 Å². The maximum absolute atomic E-state index is 9.77. The minimum atomic E-state index is -0.853. The van der Waals surface area contributed by atoms with Crippen molar-refractivity contribution in [1.82, 2.24) is 0 Å². The number of aliphatic hydroxyl groups is 1. The summed E-state index contributed by atoms with van der Waals surface area (Å²) in [6, 6.07) is 5.00. The van der Waals surface area contributed by atoms with Crippen LogP contribution in [0.4, 0.5) is 0 Å². The Bertz CT molecular complexity index is 352. The Kier molecular flexibility index (Phi) is 1.93. The van der Waals surface area contributed by atoms with Gasteiger partial charge in [0.25, 0.3) is 0 Å². The molecule has 0 fully saturated rings. The highest BCUT2D eigenvalue weighted by Crippen LogP contribution is 2.34. The maximum Gasteiger partial charge on any atom is 0.131 e. The van der Waals surface area contributed by atoms with Gasteiger partial charge >= 0.3 is 0 Å². The molecule has 1 aromatic rings. The van der Waals surface area contributed by atoms with Gasteiger partial charge in [0.05, 0.1) is 5.60 Å². The van der Waals surface area contributed by atoms with E-state index in [0.717, 1.165) is 11.3 Å². The molecular formula is C11H14O3. The maximum atomic E-state index is 9.77. The van der Waals surface area contributed by atoms with Gasteiger partial charge in [0.15, 0.2) is 0 Å². The normalized spacial score (nSPS) is 20.4. The summed E-state index contributed by atoms with van der Waals surface area (Å²) in [4.78, 5) is 0. The lowest BCUT2D eigenvalue weighted by molar-refractivity contribution is -0.0229. The first-order valence-corrected chi connectivity index (χ1v) is 4.68. The zero-order valence-corrected chi connectivity index (χ0v) is 8.32. The molecule has 2 N–H and O–H groups in total. The third-order valence-electron chi connectivity index (χ3n) is 2.51. The van der Waals surface area contributed by atoms with Gasteiger partial charge in [-0.25, -0.2) is 0 Å². The minimum absolute atomic E-state index is 0.223. The Hall–Kier alpha value is -1.22. The summed E-state index contributed by atoms with van der Waals surface area (Å²) in [5.41, 5.74) is 0.103. The van der Waals surface area contributed by atoms with Crippen LogP contribution in [0.5, 0.6) is 11.5 Å². The van der Waals surface area contributed by atoms with E-state index in [9.17, 15) is 10.2 Å². The van der Waals surface area contributed by atoms with E-state index >= 15 is 0 Å². The lowest BCUT2D eigenvalue weighted by atomic mass is 9.97. The molecule has 0 amide bonds. The highest BCUT2D eigenvalue weighted by Gasteiger charge is 2.34. The lowest BCUT2D eigenvalue weighted by Crippen LogP contribution is -2.39. The molecule has 14 heavy (non-hydrogen) atoms. The molecule has 76 valence electrons. The van der Waals surface area contributed by atoms with E-state index in [-0.39, 0.29) is 11.9 Å². The van der Waals surface area contributed by atoms with Crippen molar-refractivity contribution in [3.05, 3.63) is 23.8 Å². The predicted molar refractivity (Wildman–Crippen MR) is 52.5 cm³/mol. The molecule has 0 spiro atoms. The van der Waals surface area contributed by atoms with Crippen molar-refractivity contribution in [2.75, 3.05) is 0 Å². The van der Waals surface area contributed by atoms with Crippen molar-refractivity contribution >= 4 is 0 Å². The Morgan fingerprint density at radius 1 is 1.43 bits per heavy atom. The fourth-order valence-corrected chi connectivity index (χ4v) is 1.63. The molecule has 1 aromatic carbocycles. The molecule has 2 rings (SSSR count). The molecule has 1 aliphatic heterocycles. The van der Waals surface area contributed by atoms with Crippen LogP contribution in [0.3, 0.4) is 0 Å². The van der Waals surface area contributed by atoms with Crippen LogP contribution in [0, 0.1) is 0 Å². The van der Waals surface area contributed by atoms with E-state index < -0.39 is 5.60 Å². The zero-order chi connectivity index (χ0) is 10.3. The Morgan fingerprint density at radius 3 is 2.79 bits per heavy atom. The molecule has 0 radical (unpaired) electrons. The van der Waals surface area contributed by atoms with Gasteiger partial charge in [-0.15, -0.1) is 0 Å². The number of aromatic hydroxyl groups is 1. The zero-order valence-electron chi connectivity index (χ0n) is 8.32. The molecular weight excluding hydrogens is 180 g/mol. The second-order valence-corrected chi connectivity index (χ2v) is 4.26. The summed E-state index contributed by atoms with van der Waals surface area (Å²) in [5, 5.41) is 19.0. The van der Waals surface area contributed by atoms with Crippen molar-refractivity contribution in [2.45, 2.75) is 32.0 Å². The topological polar surface area (TPSA) is 49.7 Å². The van der Waals surface area contributed by atoms with E-state index in [1.165, 1.54) is 0 Å². The first-order valence-electron chi connectivity index (χ1n) is 4.68. The molecule has 3 nitrogen and oxygen atoms in total. The predicted octanol–water partition coefficient (Wildman–Crippen LogP) is 1.47. The largest absolute Gasteiger partial charge is 0.508 e. The van der Waals surface area contributed by atoms with Gasteiger partial charge in [-0.3, -0.25) is 0 Å². The fourth-order valence-electron chi connectivity index (χ4n) is 1.63. The van der Waals surface area contributed by atoms with Gasteiger partial charge in [-0.05, 0) is 32.0 Å². The quantitative estimate of drug-likeness (QED) is 0.711. The molecule has 3 heteroatoms. The van der Waals surface area contributed by atoms with E-state index in [0.29, 0.717) is 6.42 Å². The van der Waals surface area contributed by atoms with Gasteiger partial charge in [-0.1, -0.05) is 0 Å². The van der Waals surface area contributed by atoms with Gasteiger partial charge < -0.3 is 14.9 Å². The van der Waals surface area contributed by atoms with Gasteiger partial charge in [0, 0.05) is 12.0 Å². The smallest absolute Gasteiger partial charge is 0.131 e. The van der Waals surface area contributed by atoms with Gasteiger partial charge in [0.2, 0.25) is 0 Å². The number of rotatable bonds is 1. The fraction of sp³-hybridized carbons (Fsp3) is 0.455. The summed E-state index contributed by atoms with van der Waals surface area (Å²) in [6.07, 6.45) is 0.423. The number of benzene rings is 1. The number of phenols is 1. The van der Waals surface area contributed by atoms with Crippen LogP contribution in [0.1, 0.15) is 19.4 Å². The summed E-state index contributed by atoms with van der Waals surface area (Å²) in [7, 11) is 0. The SMILES string of the molecule is CC(C)(O)[C@@H]1Cc2cc(O)ccc2O1. The van der Waals surface area contributed by atoms with Crippen LogP contribution in [-0.2, 0) is 6.42 Å². The van der Waals surface area contributed by atoms with E-state index in [4.69, 9.17) is 4.74 Å². The summed E-state index contributed by atoms with van der Waals surface area (Å²) in [5.74, 6) is 0.999. The molecule has 1 atom stereocenters. The summed E-state index contributed by atoms with van der Waals surface area (Å²) in [6.45, 7) is 3.45. The Labute approximate surface area is 83.0 Å². The number of phenolic OH excluding ortho intramolecular Hbond substituents is 1. The van der Waals surface area contributed by atoms with Crippen LogP contribution in [-0.4, -0.2) is 21.9 Å².